The second kappa shape index (κ2) is 40.3. The Morgan fingerprint density at radius 3 is 0.824 bits per heavy atom. The van der Waals surface area contributed by atoms with Crippen molar-refractivity contribution < 1.29 is 19.8 Å². The smallest absolute Gasteiger partial charge is 0.549 e. The van der Waals surface area contributed by atoms with Gasteiger partial charge in [-0.25, -0.2) is 0 Å². The molecular weight excluding hydrogens is 661 g/mol. The first-order chi connectivity index (χ1) is 24.0. The fourth-order valence-corrected chi connectivity index (χ4v) is 6.64. The van der Waals surface area contributed by atoms with Gasteiger partial charge in [0.15, 0.2) is 0 Å². The van der Waals surface area contributed by atoms with Crippen molar-refractivity contribution in [3.63, 3.8) is 0 Å². The third-order valence-electron chi connectivity index (χ3n) is 9.80. The molecule has 0 rings (SSSR count). The molecule has 0 bridgehead atoms. The standard InChI is InChI=1S/2C22H41NO2.Ca/c2*1-5-7-9-11-13-15-17-20(3)23(19-22(24)25)21(4)18-16-14-12-10-8-6-2;/h2*5-8,20-21H,9-19H2,1-4H3,(H,24,25);/q;;+2/p-2/b2*7-5+,8-6+;. The molecule has 0 saturated heterocycles. The zero-order valence-electron chi connectivity index (χ0n) is 34.7. The number of carboxylic acids is 2. The zero-order chi connectivity index (χ0) is 37.8. The van der Waals surface area contributed by atoms with E-state index in [0.29, 0.717) is 24.2 Å². The van der Waals surface area contributed by atoms with Crippen LogP contribution >= 0.6 is 0 Å². The number of unbranched alkanes of at least 4 members (excludes halogenated alkanes) is 12. The second-order valence-corrected chi connectivity index (χ2v) is 14.3. The maximum Gasteiger partial charge on any atom is 2.00 e. The largest absolute Gasteiger partial charge is 2.00 e. The number of hydrogen-bond donors (Lipinski definition) is 0. The minimum Gasteiger partial charge on any atom is -0.549 e. The van der Waals surface area contributed by atoms with Gasteiger partial charge < -0.3 is 19.8 Å². The summed E-state index contributed by atoms with van der Waals surface area (Å²) in [6.07, 6.45) is 40.5. The van der Waals surface area contributed by atoms with Crippen LogP contribution < -0.4 is 10.2 Å². The van der Waals surface area contributed by atoms with Crippen molar-refractivity contribution in [2.24, 2.45) is 0 Å². The molecule has 0 aromatic heterocycles. The molecule has 0 N–H and O–H groups in total. The van der Waals surface area contributed by atoms with Gasteiger partial charge >= 0.3 is 37.7 Å². The van der Waals surface area contributed by atoms with Gasteiger partial charge in [-0.15, -0.1) is 0 Å². The summed E-state index contributed by atoms with van der Waals surface area (Å²) in [5.74, 6) is -1.92. The van der Waals surface area contributed by atoms with Crippen molar-refractivity contribution in [3.05, 3.63) is 48.6 Å². The van der Waals surface area contributed by atoms with Gasteiger partial charge in [0.2, 0.25) is 0 Å². The molecule has 7 heteroatoms. The van der Waals surface area contributed by atoms with E-state index in [1.54, 1.807) is 0 Å². The number of carboxylic acid groups (broad SMARTS) is 2. The van der Waals surface area contributed by atoms with E-state index in [-0.39, 0.29) is 50.8 Å². The number of nitrogens with zero attached hydrogens (tertiary/aromatic N) is 2. The second-order valence-electron chi connectivity index (χ2n) is 14.3. The normalized spacial score (nSPS) is 14.3. The molecule has 6 nitrogen and oxygen atoms in total. The third-order valence-corrected chi connectivity index (χ3v) is 9.80. The van der Waals surface area contributed by atoms with Crippen LogP contribution in [0.1, 0.15) is 184 Å². The fraction of sp³-hybridized carbons (Fsp3) is 0.773. The molecule has 0 heterocycles. The first kappa shape index (κ1) is 54.4. The average Bonchev–Trinajstić information content (AvgIpc) is 3.08. The predicted molar refractivity (Wildman–Crippen MR) is 219 cm³/mol. The van der Waals surface area contributed by atoms with Gasteiger partial charge in [0, 0.05) is 37.3 Å². The van der Waals surface area contributed by atoms with Crippen molar-refractivity contribution in [2.75, 3.05) is 13.1 Å². The van der Waals surface area contributed by atoms with E-state index in [1.165, 1.54) is 77.0 Å². The molecule has 292 valence electrons. The summed E-state index contributed by atoms with van der Waals surface area (Å²) in [5.41, 5.74) is 0. The molecule has 0 fully saturated rings. The van der Waals surface area contributed by atoms with E-state index in [1.807, 2.05) is 0 Å². The topological polar surface area (TPSA) is 86.7 Å². The van der Waals surface area contributed by atoms with Crippen LogP contribution in [0.25, 0.3) is 0 Å². The van der Waals surface area contributed by atoms with Crippen LogP contribution in [0.15, 0.2) is 48.6 Å². The fourth-order valence-electron chi connectivity index (χ4n) is 6.64. The van der Waals surface area contributed by atoms with Crippen LogP contribution in [0.2, 0.25) is 0 Å². The number of hydrogen-bond acceptors (Lipinski definition) is 6. The summed E-state index contributed by atoms with van der Waals surface area (Å²) in [6.45, 7) is 17.0. The molecule has 0 aliphatic carbocycles. The van der Waals surface area contributed by atoms with E-state index in [4.69, 9.17) is 0 Å². The van der Waals surface area contributed by atoms with Crippen LogP contribution in [0.3, 0.4) is 0 Å². The van der Waals surface area contributed by atoms with Gasteiger partial charge in [-0.05, 0) is 132 Å². The van der Waals surface area contributed by atoms with Gasteiger partial charge in [0.1, 0.15) is 0 Å². The van der Waals surface area contributed by atoms with Gasteiger partial charge in [-0.1, -0.05) is 100.0 Å². The quantitative estimate of drug-likeness (QED) is 0.0388. The molecule has 0 radical (unpaired) electrons. The van der Waals surface area contributed by atoms with Crippen molar-refractivity contribution >= 4 is 49.7 Å². The van der Waals surface area contributed by atoms with Gasteiger partial charge in [-0.3, -0.25) is 9.80 Å². The molecule has 51 heavy (non-hydrogen) atoms. The Hall–Kier alpha value is -0.920. The van der Waals surface area contributed by atoms with Crippen LogP contribution in [-0.4, -0.2) is 96.7 Å². The molecular formula is C44H80CaN2O4. The monoisotopic (exact) mass is 741 g/mol. The molecule has 4 unspecified atom stereocenters. The summed E-state index contributed by atoms with van der Waals surface area (Å²) in [7, 11) is 0. The summed E-state index contributed by atoms with van der Waals surface area (Å²) < 4.78 is 0. The molecule has 0 aromatic rings. The van der Waals surface area contributed by atoms with Gasteiger partial charge in [0.05, 0.1) is 11.9 Å². The first-order valence-corrected chi connectivity index (χ1v) is 20.4. The molecule has 0 spiro atoms. The summed E-state index contributed by atoms with van der Waals surface area (Å²) in [4.78, 5) is 26.6. The van der Waals surface area contributed by atoms with Crippen molar-refractivity contribution in [3.8, 4) is 0 Å². The Morgan fingerprint density at radius 2 is 0.647 bits per heavy atom. The Labute approximate surface area is 346 Å². The van der Waals surface area contributed by atoms with Crippen LogP contribution in [0, 0.1) is 0 Å². The van der Waals surface area contributed by atoms with E-state index >= 15 is 0 Å². The van der Waals surface area contributed by atoms with Gasteiger partial charge in [-0.2, -0.15) is 0 Å². The molecule has 4 atom stereocenters. The summed E-state index contributed by atoms with van der Waals surface area (Å²) >= 11 is 0. The third kappa shape index (κ3) is 35.9. The SMILES string of the molecule is C/C=C/CCCCCC(C)N(CC(=O)[O-])C(C)CCCCC/C=C/C.C/C=C/CCCCCC(C)N(CC(=O)[O-])C(C)CCCCC/C=C/C.[Ca+2]. The Kier molecular flexibility index (Phi) is 43.0. The number of rotatable bonds is 32. The van der Waals surface area contributed by atoms with E-state index < -0.39 is 11.9 Å². The molecule has 0 aliphatic rings. The molecule has 0 amide bonds. The Morgan fingerprint density at radius 1 is 0.431 bits per heavy atom. The van der Waals surface area contributed by atoms with E-state index in [2.05, 4.69) is 114 Å². The number of aliphatic carboxylic acids is 2. The van der Waals surface area contributed by atoms with Crippen molar-refractivity contribution in [1.29, 1.82) is 0 Å². The number of carbonyl (C=O) groups is 2. The number of carbonyl (C=O) groups excluding carboxylic acids is 2. The Balaban J connectivity index is -0.000000886. The molecule has 0 aliphatic heterocycles. The van der Waals surface area contributed by atoms with Crippen molar-refractivity contribution in [2.45, 2.75) is 208 Å². The van der Waals surface area contributed by atoms with Crippen LogP contribution in [0.5, 0.6) is 0 Å². The predicted octanol–water partition coefficient (Wildman–Crippen LogP) is 9.36. The van der Waals surface area contributed by atoms with Crippen LogP contribution in [-0.2, 0) is 9.59 Å². The van der Waals surface area contributed by atoms with E-state index in [0.717, 1.165) is 51.4 Å². The first-order valence-electron chi connectivity index (χ1n) is 20.4. The van der Waals surface area contributed by atoms with Crippen molar-refractivity contribution in [1.82, 2.24) is 9.80 Å². The molecule has 0 saturated carbocycles. The van der Waals surface area contributed by atoms with E-state index in [9.17, 15) is 19.8 Å². The van der Waals surface area contributed by atoms with Gasteiger partial charge in [0.25, 0.3) is 0 Å². The average molecular weight is 741 g/mol. The minimum atomic E-state index is -0.958. The van der Waals surface area contributed by atoms with Crippen LogP contribution in [0.4, 0.5) is 0 Å². The number of allylic oxidation sites excluding steroid dienone is 8. The minimum absolute atomic E-state index is 0. The maximum absolute atomic E-state index is 11.1. The molecule has 0 aromatic carbocycles. The summed E-state index contributed by atoms with van der Waals surface area (Å²) in [5, 5.41) is 22.3. The zero-order valence-corrected chi connectivity index (χ0v) is 36.9. The Bertz CT molecular complexity index is 776. The maximum atomic E-state index is 11.1. The summed E-state index contributed by atoms with van der Waals surface area (Å²) in [6, 6.07) is 1.21.